The molecule has 19 heavy (non-hydrogen) atoms. The number of ether oxygens (including phenoxy) is 1. The van der Waals surface area contributed by atoms with Gasteiger partial charge in [0.05, 0.1) is 24.2 Å². The van der Waals surface area contributed by atoms with Gasteiger partial charge in [0.25, 0.3) is 0 Å². The number of hydrogen-bond acceptors (Lipinski definition) is 4. The van der Waals surface area contributed by atoms with Gasteiger partial charge in [-0.2, -0.15) is 0 Å². The van der Waals surface area contributed by atoms with Crippen LogP contribution in [0.15, 0.2) is 29.2 Å². The Kier molecular flexibility index (Phi) is 4.25. The first kappa shape index (κ1) is 14.5. The molecular formula is C13H20N2O3S. The number of rotatable bonds is 5. The molecule has 0 amide bonds. The highest BCUT2D eigenvalue weighted by Crippen LogP contribution is 2.19. The summed E-state index contributed by atoms with van der Waals surface area (Å²) in [6, 6.07) is 7.60. The summed E-state index contributed by atoms with van der Waals surface area (Å²) in [5, 5.41) is 3.43. The fraction of sp³-hybridized carbons (Fsp3) is 0.538. The molecule has 2 rings (SSSR count). The summed E-state index contributed by atoms with van der Waals surface area (Å²) in [5.41, 5.74) is 1.07. The predicted molar refractivity (Wildman–Crippen MR) is 73.5 cm³/mol. The molecule has 1 aliphatic rings. The molecular weight excluding hydrogens is 264 g/mol. The van der Waals surface area contributed by atoms with Crippen molar-refractivity contribution in [3.05, 3.63) is 29.8 Å². The van der Waals surface area contributed by atoms with E-state index in [1.54, 1.807) is 12.1 Å². The van der Waals surface area contributed by atoms with E-state index in [9.17, 15) is 8.42 Å². The number of benzene rings is 1. The van der Waals surface area contributed by atoms with E-state index in [0.717, 1.165) is 18.8 Å². The zero-order valence-electron chi connectivity index (χ0n) is 11.5. The van der Waals surface area contributed by atoms with Crippen LogP contribution in [0, 0.1) is 0 Å². The molecule has 106 valence electrons. The monoisotopic (exact) mass is 284 g/mol. The maximum atomic E-state index is 11.9. The van der Waals surface area contributed by atoms with Gasteiger partial charge in [0.1, 0.15) is 0 Å². The van der Waals surface area contributed by atoms with Gasteiger partial charge in [0, 0.05) is 20.1 Å². The Labute approximate surface area is 114 Å². The molecule has 0 radical (unpaired) electrons. The number of nitrogens with zero attached hydrogens (tertiary/aromatic N) is 1. The molecule has 5 nitrogen and oxygen atoms in total. The van der Waals surface area contributed by atoms with Crippen molar-refractivity contribution in [1.29, 1.82) is 0 Å². The molecule has 0 saturated carbocycles. The molecule has 6 heteroatoms. The Balaban J connectivity index is 2.09. The minimum atomic E-state index is -3.34. The maximum absolute atomic E-state index is 11.9. The first-order chi connectivity index (χ1) is 8.91. The molecule has 1 atom stereocenters. The molecule has 0 aliphatic carbocycles. The van der Waals surface area contributed by atoms with Crippen LogP contribution in [0.1, 0.15) is 18.5 Å². The van der Waals surface area contributed by atoms with Crippen LogP contribution in [0.4, 0.5) is 0 Å². The van der Waals surface area contributed by atoms with Crippen LogP contribution in [-0.4, -0.2) is 46.1 Å². The predicted octanol–water partition coefficient (Wildman–Crippen LogP) is 0.986. The third-order valence-corrected chi connectivity index (χ3v) is 5.11. The fourth-order valence-corrected chi connectivity index (χ4v) is 2.82. The molecule has 1 heterocycles. The summed E-state index contributed by atoms with van der Waals surface area (Å²) >= 11 is 0. The van der Waals surface area contributed by atoms with Crippen LogP contribution in [0.5, 0.6) is 0 Å². The summed E-state index contributed by atoms with van der Waals surface area (Å²) in [6.45, 7) is 3.56. The highest BCUT2D eigenvalue weighted by Gasteiger charge is 2.21. The van der Waals surface area contributed by atoms with Crippen LogP contribution in [-0.2, 0) is 14.8 Å². The average molecular weight is 284 g/mol. The second-order valence-electron chi connectivity index (χ2n) is 4.98. The van der Waals surface area contributed by atoms with E-state index < -0.39 is 10.0 Å². The number of hydrogen-bond donors (Lipinski definition) is 1. The van der Waals surface area contributed by atoms with Gasteiger partial charge in [-0.1, -0.05) is 12.1 Å². The zero-order chi connectivity index (χ0) is 14.0. The van der Waals surface area contributed by atoms with Crippen molar-refractivity contribution in [1.82, 2.24) is 9.62 Å². The van der Waals surface area contributed by atoms with Crippen LogP contribution >= 0.6 is 0 Å². The van der Waals surface area contributed by atoms with E-state index in [4.69, 9.17) is 4.74 Å². The quantitative estimate of drug-likeness (QED) is 0.876. The third-order valence-electron chi connectivity index (χ3n) is 3.28. The highest BCUT2D eigenvalue weighted by molar-refractivity contribution is 7.89. The van der Waals surface area contributed by atoms with Gasteiger partial charge >= 0.3 is 0 Å². The Bertz CT molecular complexity index is 521. The normalized spacial score (nSPS) is 18.3. The van der Waals surface area contributed by atoms with E-state index >= 15 is 0 Å². The number of nitrogens with one attached hydrogen (secondary N) is 1. The Hall–Kier alpha value is -0.950. The second kappa shape index (κ2) is 5.58. The highest BCUT2D eigenvalue weighted by atomic mass is 32.2. The summed E-state index contributed by atoms with van der Waals surface area (Å²) in [5.74, 6) is 0. The Morgan fingerprint density at radius 3 is 2.26 bits per heavy atom. The van der Waals surface area contributed by atoms with Gasteiger partial charge in [0.2, 0.25) is 10.0 Å². The summed E-state index contributed by atoms with van der Waals surface area (Å²) < 4.78 is 30.2. The molecule has 0 spiro atoms. The lowest BCUT2D eigenvalue weighted by Gasteiger charge is -2.30. The van der Waals surface area contributed by atoms with Gasteiger partial charge < -0.3 is 10.1 Å². The SMILES string of the molecule is CC(NC1COC1)c1ccc(S(=O)(=O)N(C)C)cc1. The van der Waals surface area contributed by atoms with Gasteiger partial charge in [-0.25, -0.2) is 12.7 Å². The molecule has 1 fully saturated rings. The van der Waals surface area contributed by atoms with Gasteiger partial charge in [0.15, 0.2) is 0 Å². The largest absolute Gasteiger partial charge is 0.378 e. The average Bonchev–Trinajstić information content (AvgIpc) is 2.33. The lowest BCUT2D eigenvalue weighted by atomic mass is 10.1. The zero-order valence-corrected chi connectivity index (χ0v) is 12.3. The van der Waals surface area contributed by atoms with Crippen LogP contribution in [0.3, 0.4) is 0 Å². The van der Waals surface area contributed by atoms with E-state index in [2.05, 4.69) is 12.2 Å². The lowest BCUT2D eigenvalue weighted by molar-refractivity contribution is -0.00925. The van der Waals surface area contributed by atoms with Crippen molar-refractivity contribution >= 4 is 10.0 Å². The molecule has 1 unspecified atom stereocenters. The molecule has 1 saturated heterocycles. The van der Waals surface area contributed by atoms with Gasteiger partial charge in [-0.05, 0) is 24.6 Å². The molecule has 1 N–H and O–H groups in total. The van der Waals surface area contributed by atoms with E-state index in [-0.39, 0.29) is 6.04 Å². The summed E-state index contributed by atoms with van der Waals surface area (Å²) in [7, 11) is -0.279. The molecule has 0 aromatic heterocycles. The molecule has 1 aromatic rings. The summed E-state index contributed by atoms with van der Waals surface area (Å²) in [4.78, 5) is 0.320. The Morgan fingerprint density at radius 1 is 1.26 bits per heavy atom. The van der Waals surface area contributed by atoms with Crippen molar-refractivity contribution in [2.24, 2.45) is 0 Å². The van der Waals surface area contributed by atoms with E-state index in [1.165, 1.54) is 18.4 Å². The van der Waals surface area contributed by atoms with E-state index in [0.29, 0.717) is 10.9 Å². The molecule has 1 aromatic carbocycles. The Morgan fingerprint density at radius 2 is 1.84 bits per heavy atom. The van der Waals surface area contributed by atoms with Crippen LogP contribution in [0.25, 0.3) is 0 Å². The van der Waals surface area contributed by atoms with Gasteiger partial charge in [-0.15, -0.1) is 0 Å². The maximum Gasteiger partial charge on any atom is 0.242 e. The summed E-state index contributed by atoms with van der Waals surface area (Å²) in [6.07, 6.45) is 0. The molecule has 1 aliphatic heterocycles. The van der Waals surface area contributed by atoms with Crippen molar-refractivity contribution in [3.63, 3.8) is 0 Å². The van der Waals surface area contributed by atoms with Crippen molar-refractivity contribution < 1.29 is 13.2 Å². The van der Waals surface area contributed by atoms with Crippen LogP contribution < -0.4 is 5.32 Å². The van der Waals surface area contributed by atoms with Crippen molar-refractivity contribution in [3.8, 4) is 0 Å². The standard InChI is InChI=1S/C13H20N2O3S/c1-10(14-12-8-18-9-12)11-4-6-13(7-5-11)19(16,17)15(2)3/h4-7,10,12,14H,8-9H2,1-3H3. The topological polar surface area (TPSA) is 58.6 Å². The first-order valence-electron chi connectivity index (χ1n) is 6.27. The van der Waals surface area contributed by atoms with Crippen molar-refractivity contribution in [2.75, 3.05) is 27.3 Å². The van der Waals surface area contributed by atoms with Crippen molar-refractivity contribution in [2.45, 2.75) is 23.9 Å². The minimum absolute atomic E-state index is 0.185. The minimum Gasteiger partial charge on any atom is -0.378 e. The third kappa shape index (κ3) is 3.14. The van der Waals surface area contributed by atoms with E-state index in [1.807, 2.05) is 12.1 Å². The molecule has 0 bridgehead atoms. The first-order valence-corrected chi connectivity index (χ1v) is 7.71. The lowest BCUT2D eigenvalue weighted by Crippen LogP contribution is -2.46. The second-order valence-corrected chi connectivity index (χ2v) is 7.13. The fourth-order valence-electron chi connectivity index (χ4n) is 1.92. The van der Waals surface area contributed by atoms with Crippen LogP contribution in [0.2, 0.25) is 0 Å². The number of sulfonamides is 1. The smallest absolute Gasteiger partial charge is 0.242 e. The van der Waals surface area contributed by atoms with Gasteiger partial charge in [-0.3, -0.25) is 0 Å².